The van der Waals surface area contributed by atoms with Crippen molar-refractivity contribution in [1.82, 2.24) is 20.0 Å². The molecule has 1 heterocycles. The van der Waals surface area contributed by atoms with Crippen LogP contribution >= 0.6 is 24.0 Å². The summed E-state index contributed by atoms with van der Waals surface area (Å²) >= 11 is 0. The van der Waals surface area contributed by atoms with Crippen LogP contribution in [-0.4, -0.2) is 101 Å². The SMILES string of the molecule is CCNC(=NCC(C)CN1CCN(C)CC1)N(C)CCc1ccc(OC)c(OC)c1.I. The second-order valence-corrected chi connectivity index (χ2v) is 8.26. The molecule has 1 aliphatic heterocycles. The van der Waals surface area contributed by atoms with Gasteiger partial charge < -0.3 is 29.5 Å². The molecule has 1 aliphatic rings. The quantitative estimate of drug-likeness (QED) is 0.276. The van der Waals surface area contributed by atoms with Crippen molar-refractivity contribution in [3.05, 3.63) is 23.8 Å². The molecule has 0 aliphatic carbocycles. The van der Waals surface area contributed by atoms with Crippen LogP contribution in [0.4, 0.5) is 0 Å². The maximum atomic E-state index is 5.42. The van der Waals surface area contributed by atoms with Gasteiger partial charge in [0, 0.05) is 59.4 Å². The molecule has 8 heteroatoms. The summed E-state index contributed by atoms with van der Waals surface area (Å²) in [6.45, 7) is 12.8. The number of likely N-dealkylation sites (N-methyl/N-ethyl adjacent to an activating group) is 2. The van der Waals surface area contributed by atoms with Crippen LogP contribution in [0.5, 0.6) is 11.5 Å². The van der Waals surface area contributed by atoms with Gasteiger partial charge in [0.2, 0.25) is 0 Å². The van der Waals surface area contributed by atoms with E-state index in [4.69, 9.17) is 14.5 Å². The maximum Gasteiger partial charge on any atom is 0.193 e. The van der Waals surface area contributed by atoms with E-state index in [9.17, 15) is 0 Å². The molecule has 31 heavy (non-hydrogen) atoms. The summed E-state index contributed by atoms with van der Waals surface area (Å²) in [5.41, 5.74) is 1.22. The number of rotatable bonds is 10. The van der Waals surface area contributed by atoms with Gasteiger partial charge in [-0.1, -0.05) is 13.0 Å². The summed E-state index contributed by atoms with van der Waals surface area (Å²) in [6.07, 6.45) is 0.915. The monoisotopic (exact) mass is 547 g/mol. The molecule has 1 fully saturated rings. The molecule has 1 aromatic rings. The van der Waals surface area contributed by atoms with Crippen LogP contribution in [0, 0.1) is 5.92 Å². The third-order valence-electron chi connectivity index (χ3n) is 5.60. The first-order valence-electron chi connectivity index (χ1n) is 11.1. The average Bonchev–Trinajstić information content (AvgIpc) is 2.76. The highest BCUT2D eigenvalue weighted by molar-refractivity contribution is 14.0. The van der Waals surface area contributed by atoms with E-state index in [0.29, 0.717) is 5.92 Å². The van der Waals surface area contributed by atoms with Crippen LogP contribution in [0.1, 0.15) is 19.4 Å². The Morgan fingerprint density at radius 3 is 2.45 bits per heavy atom. The fraction of sp³-hybridized carbons (Fsp3) is 0.696. The summed E-state index contributed by atoms with van der Waals surface area (Å²) in [7, 11) is 7.64. The summed E-state index contributed by atoms with van der Waals surface area (Å²) in [5, 5.41) is 3.44. The first-order valence-corrected chi connectivity index (χ1v) is 11.1. The Morgan fingerprint density at radius 1 is 1.16 bits per heavy atom. The molecule has 1 atom stereocenters. The molecule has 7 nitrogen and oxygen atoms in total. The zero-order valence-corrected chi connectivity index (χ0v) is 22.5. The fourth-order valence-electron chi connectivity index (χ4n) is 3.68. The van der Waals surface area contributed by atoms with E-state index >= 15 is 0 Å². The van der Waals surface area contributed by atoms with E-state index in [0.717, 1.165) is 76.2 Å². The van der Waals surface area contributed by atoms with Crippen molar-refractivity contribution in [2.45, 2.75) is 20.3 Å². The number of aliphatic imine (C=N–C) groups is 1. The molecule has 0 amide bonds. The van der Waals surface area contributed by atoms with Crippen molar-refractivity contribution in [3.8, 4) is 11.5 Å². The first-order chi connectivity index (χ1) is 14.5. The number of halogens is 1. The van der Waals surface area contributed by atoms with Crippen molar-refractivity contribution in [2.24, 2.45) is 10.9 Å². The largest absolute Gasteiger partial charge is 0.493 e. The van der Waals surface area contributed by atoms with Gasteiger partial charge in [-0.2, -0.15) is 0 Å². The number of guanidine groups is 1. The Hall–Kier alpha value is -1.26. The Morgan fingerprint density at radius 2 is 1.84 bits per heavy atom. The van der Waals surface area contributed by atoms with Gasteiger partial charge in [0.15, 0.2) is 17.5 Å². The Kier molecular flexibility index (Phi) is 13.2. The summed E-state index contributed by atoms with van der Waals surface area (Å²) in [6, 6.07) is 6.11. The Balaban J connectivity index is 0.00000480. The van der Waals surface area contributed by atoms with E-state index in [1.54, 1.807) is 14.2 Å². The lowest BCUT2D eigenvalue weighted by Gasteiger charge is -2.33. The molecule has 0 spiro atoms. The van der Waals surface area contributed by atoms with Gasteiger partial charge in [0.1, 0.15) is 0 Å². The van der Waals surface area contributed by atoms with Gasteiger partial charge in [0.25, 0.3) is 0 Å². The standard InChI is InChI=1S/C23H41N5O2.HI/c1-7-24-23(25-17-19(2)18-28-14-12-26(3)13-15-28)27(4)11-10-20-8-9-21(29-5)22(16-20)30-6;/h8-9,16,19H,7,10-15,17-18H2,1-6H3,(H,24,25);1H. The minimum atomic E-state index is 0. The highest BCUT2D eigenvalue weighted by atomic mass is 127. The number of benzene rings is 1. The number of ether oxygens (including phenoxy) is 2. The number of methoxy groups -OCH3 is 2. The average molecular weight is 548 g/mol. The van der Waals surface area contributed by atoms with Crippen molar-refractivity contribution in [1.29, 1.82) is 0 Å². The molecule has 0 radical (unpaired) electrons. The minimum Gasteiger partial charge on any atom is -0.493 e. The topological polar surface area (TPSA) is 52.6 Å². The highest BCUT2D eigenvalue weighted by Gasteiger charge is 2.16. The van der Waals surface area contributed by atoms with Crippen LogP contribution in [0.15, 0.2) is 23.2 Å². The summed E-state index contributed by atoms with van der Waals surface area (Å²) < 4.78 is 10.8. The van der Waals surface area contributed by atoms with Crippen molar-refractivity contribution >= 4 is 29.9 Å². The Bertz CT molecular complexity index is 665. The second-order valence-electron chi connectivity index (χ2n) is 8.26. The lowest BCUT2D eigenvalue weighted by molar-refractivity contribution is 0.140. The summed E-state index contributed by atoms with van der Waals surface area (Å²) in [4.78, 5) is 12.1. The maximum absolute atomic E-state index is 5.42. The van der Waals surface area contributed by atoms with Gasteiger partial charge in [-0.05, 0) is 44.0 Å². The molecule has 1 unspecified atom stereocenters. The molecule has 2 rings (SSSR count). The number of nitrogens with zero attached hydrogens (tertiary/aromatic N) is 4. The van der Waals surface area contributed by atoms with Crippen LogP contribution in [0.2, 0.25) is 0 Å². The molecule has 178 valence electrons. The molecule has 1 N–H and O–H groups in total. The van der Waals surface area contributed by atoms with E-state index in [1.807, 2.05) is 6.07 Å². The first kappa shape index (κ1) is 27.8. The van der Waals surface area contributed by atoms with Crippen LogP contribution in [0.3, 0.4) is 0 Å². The Labute approximate surface area is 206 Å². The molecule has 0 bridgehead atoms. The van der Waals surface area contributed by atoms with Crippen molar-refractivity contribution in [2.75, 3.05) is 80.7 Å². The number of hydrogen-bond donors (Lipinski definition) is 1. The highest BCUT2D eigenvalue weighted by Crippen LogP contribution is 2.27. The molecular weight excluding hydrogens is 505 g/mol. The van der Waals surface area contributed by atoms with Crippen LogP contribution < -0.4 is 14.8 Å². The second kappa shape index (κ2) is 14.7. The number of piperazine rings is 1. The third kappa shape index (κ3) is 9.41. The predicted molar refractivity (Wildman–Crippen MR) is 140 cm³/mol. The van der Waals surface area contributed by atoms with Crippen molar-refractivity contribution < 1.29 is 9.47 Å². The van der Waals surface area contributed by atoms with Gasteiger partial charge in [-0.25, -0.2) is 0 Å². The van der Waals surface area contributed by atoms with Crippen LogP contribution in [-0.2, 0) is 6.42 Å². The van der Waals surface area contributed by atoms with Gasteiger partial charge in [0.05, 0.1) is 14.2 Å². The molecule has 1 aromatic carbocycles. The number of nitrogens with one attached hydrogen (secondary N) is 1. The van der Waals surface area contributed by atoms with Gasteiger partial charge >= 0.3 is 0 Å². The minimum absolute atomic E-state index is 0. The van der Waals surface area contributed by atoms with E-state index in [1.165, 1.54) is 5.56 Å². The van der Waals surface area contributed by atoms with Crippen LogP contribution in [0.25, 0.3) is 0 Å². The lowest BCUT2D eigenvalue weighted by atomic mass is 10.1. The molecular formula is C23H42IN5O2. The normalized spacial score (nSPS) is 16.4. The van der Waals surface area contributed by atoms with Crippen molar-refractivity contribution in [3.63, 3.8) is 0 Å². The van der Waals surface area contributed by atoms with E-state index in [-0.39, 0.29) is 24.0 Å². The fourth-order valence-corrected chi connectivity index (χ4v) is 3.68. The smallest absolute Gasteiger partial charge is 0.193 e. The summed E-state index contributed by atoms with van der Waals surface area (Å²) in [5.74, 6) is 3.05. The number of hydrogen-bond acceptors (Lipinski definition) is 5. The van der Waals surface area contributed by atoms with E-state index in [2.05, 4.69) is 60.1 Å². The zero-order valence-electron chi connectivity index (χ0n) is 20.2. The predicted octanol–water partition coefficient (Wildman–Crippen LogP) is 2.65. The zero-order chi connectivity index (χ0) is 21.9. The molecule has 0 saturated carbocycles. The lowest BCUT2D eigenvalue weighted by Crippen LogP contribution is -2.46. The third-order valence-corrected chi connectivity index (χ3v) is 5.60. The van der Waals surface area contributed by atoms with Gasteiger partial charge in [-0.3, -0.25) is 4.99 Å². The molecule has 1 saturated heterocycles. The molecule has 0 aromatic heterocycles. The van der Waals surface area contributed by atoms with E-state index < -0.39 is 0 Å². The van der Waals surface area contributed by atoms with Gasteiger partial charge in [-0.15, -0.1) is 24.0 Å².